The lowest BCUT2D eigenvalue weighted by atomic mass is 9.96. The van der Waals surface area contributed by atoms with Crippen molar-refractivity contribution in [3.63, 3.8) is 0 Å². The van der Waals surface area contributed by atoms with Gasteiger partial charge in [-0.2, -0.15) is 5.26 Å². The van der Waals surface area contributed by atoms with E-state index in [2.05, 4.69) is 39.8 Å². The van der Waals surface area contributed by atoms with Crippen LogP contribution in [0.2, 0.25) is 0 Å². The molecule has 0 unspecified atom stereocenters. The number of carbonyl (C=O) groups is 1. The Bertz CT molecular complexity index is 1310. The van der Waals surface area contributed by atoms with E-state index >= 15 is 0 Å². The van der Waals surface area contributed by atoms with E-state index in [4.69, 9.17) is 5.26 Å². The quantitative estimate of drug-likeness (QED) is 0.461. The van der Waals surface area contributed by atoms with Gasteiger partial charge in [-0.05, 0) is 44.1 Å². The van der Waals surface area contributed by atoms with Crippen LogP contribution in [0.3, 0.4) is 0 Å². The Morgan fingerprint density at radius 1 is 1.18 bits per heavy atom. The molecule has 0 N–H and O–H groups in total. The third kappa shape index (κ3) is 7.35. The molecule has 0 atom stereocenters. The summed E-state index contributed by atoms with van der Waals surface area (Å²) in [5.74, 6) is 0.705. The summed E-state index contributed by atoms with van der Waals surface area (Å²) in [4.78, 5) is 27.4. The predicted octanol–water partition coefficient (Wildman–Crippen LogP) is 5.75. The molecule has 0 aliphatic carbocycles. The van der Waals surface area contributed by atoms with Crippen LogP contribution >= 0.6 is 0 Å². The Morgan fingerprint density at radius 3 is 2.48 bits per heavy atom. The van der Waals surface area contributed by atoms with Crippen LogP contribution in [0.25, 0.3) is 5.57 Å². The normalized spacial score (nSPS) is 15.7. The molecule has 0 radical (unpaired) electrons. The van der Waals surface area contributed by atoms with Crippen LogP contribution in [0, 0.1) is 30.0 Å². The van der Waals surface area contributed by atoms with Crippen LogP contribution in [0.15, 0.2) is 60.1 Å². The summed E-state index contributed by atoms with van der Waals surface area (Å²) >= 11 is 0. The Hall–Kier alpha value is -3.99. The minimum Gasteiger partial charge on any atom is -0.374 e. The number of nitriles is 1. The van der Waals surface area contributed by atoms with E-state index in [1.165, 1.54) is 11.8 Å². The lowest BCUT2D eigenvalue weighted by Gasteiger charge is -2.37. The second-order valence-electron chi connectivity index (χ2n) is 10.3. The standard InChI is InChI=1S/C22H27FN4O.C10H14N2/c1-5-17(18-8-6-7-9-19(18)23)20-16(4)24-14-25-21(20)26-10-12-27(13-11-26)22(28)15(2)3;1-3-4-10-7-9(8-11)5-6-12(10)2/h5-9,14-15H,10-13H2,1-4H3;5,7H,3-4,6H2,1-2H3/b17-5-;. The number of nitrogens with zero attached hydrogens (tertiary/aromatic N) is 6. The maximum Gasteiger partial charge on any atom is 0.225 e. The van der Waals surface area contributed by atoms with Gasteiger partial charge in [-0.15, -0.1) is 0 Å². The van der Waals surface area contributed by atoms with Gasteiger partial charge in [0.25, 0.3) is 0 Å². The number of carbonyl (C=O) groups excluding carboxylic acids is 1. The van der Waals surface area contributed by atoms with Crippen molar-refractivity contribution in [1.82, 2.24) is 19.8 Å². The highest BCUT2D eigenvalue weighted by Crippen LogP contribution is 2.33. The SMILES string of the molecule is C/C=C(/c1ccccc1F)c1c(C)ncnc1N1CCN(C(=O)C(C)C)CC1.CCCC1=CC(C#N)=CCN1C. The van der Waals surface area contributed by atoms with Gasteiger partial charge in [0.05, 0.1) is 17.3 Å². The van der Waals surface area contributed by atoms with E-state index < -0.39 is 0 Å². The van der Waals surface area contributed by atoms with Gasteiger partial charge in [0.2, 0.25) is 5.91 Å². The Kier molecular flexibility index (Phi) is 11.0. The number of allylic oxidation sites excluding steroid dienone is 4. The fourth-order valence-corrected chi connectivity index (χ4v) is 4.93. The number of aromatic nitrogens is 2. The van der Waals surface area contributed by atoms with E-state index in [-0.39, 0.29) is 17.6 Å². The first-order valence-corrected chi connectivity index (χ1v) is 14.0. The fraction of sp³-hybridized carbons (Fsp3) is 0.438. The van der Waals surface area contributed by atoms with Gasteiger partial charge in [0, 0.05) is 62.5 Å². The van der Waals surface area contributed by atoms with Crippen LogP contribution in [0.1, 0.15) is 57.4 Å². The lowest BCUT2D eigenvalue weighted by molar-refractivity contribution is -0.134. The van der Waals surface area contributed by atoms with Crippen molar-refractivity contribution in [2.75, 3.05) is 44.7 Å². The average Bonchev–Trinajstić information content (AvgIpc) is 2.96. The summed E-state index contributed by atoms with van der Waals surface area (Å²) in [7, 11) is 2.06. The summed E-state index contributed by atoms with van der Waals surface area (Å²) < 4.78 is 14.5. The Balaban J connectivity index is 0.000000307. The number of aryl methyl sites for hydroxylation is 1. The Labute approximate surface area is 238 Å². The maximum absolute atomic E-state index is 14.5. The number of hydrogen-bond acceptors (Lipinski definition) is 6. The molecule has 4 rings (SSSR count). The number of halogens is 1. The van der Waals surface area contributed by atoms with Gasteiger partial charge in [0.15, 0.2) is 0 Å². The zero-order valence-electron chi connectivity index (χ0n) is 24.6. The molecule has 8 heteroatoms. The number of benzene rings is 1. The molecule has 1 aromatic heterocycles. The van der Waals surface area contributed by atoms with Crippen molar-refractivity contribution in [1.29, 1.82) is 5.26 Å². The molecular weight excluding hydrogens is 503 g/mol. The summed E-state index contributed by atoms with van der Waals surface area (Å²) in [6.07, 6.45) is 9.59. The van der Waals surface area contributed by atoms with E-state index in [1.54, 1.807) is 18.5 Å². The molecule has 1 saturated heterocycles. The van der Waals surface area contributed by atoms with Crippen molar-refractivity contribution in [2.24, 2.45) is 5.92 Å². The molecule has 2 aliphatic heterocycles. The van der Waals surface area contributed by atoms with Crippen molar-refractivity contribution in [3.05, 3.63) is 82.7 Å². The van der Waals surface area contributed by atoms with Crippen molar-refractivity contribution < 1.29 is 9.18 Å². The van der Waals surface area contributed by atoms with Crippen molar-refractivity contribution >= 4 is 17.3 Å². The minimum absolute atomic E-state index is 0.000844. The number of piperazine rings is 1. The third-order valence-electron chi connectivity index (χ3n) is 7.16. The van der Waals surface area contributed by atoms with Gasteiger partial charge in [0.1, 0.15) is 18.0 Å². The van der Waals surface area contributed by atoms with E-state index in [1.807, 2.05) is 56.9 Å². The van der Waals surface area contributed by atoms with Crippen LogP contribution < -0.4 is 4.90 Å². The Morgan fingerprint density at radius 2 is 1.88 bits per heavy atom. The molecule has 1 fully saturated rings. The highest BCUT2D eigenvalue weighted by Gasteiger charge is 2.27. The highest BCUT2D eigenvalue weighted by atomic mass is 19.1. The molecule has 40 heavy (non-hydrogen) atoms. The molecular formula is C32H41FN6O. The number of amides is 1. The van der Waals surface area contributed by atoms with Crippen LogP contribution in [0.4, 0.5) is 10.2 Å². The molecule has 2 aromatic rings. The molecule has 212 valence electrons. The maximum atomic E-state index is 14.5. The van der Waals surface area contributed by atoms with E-state index in [0.717, 1.165) is 47.6 Å². The number of hydrogen-bond donors (Lipinski definition) is 0. The van der Waals surface area contributed by atoms with Crippen molar-refractivity contribution in [3.8, 4) is 6.07 Å². The van der Waals surface area contributed by atoms with E-state index in [0.29, 0.717) is 31.7 Å². The first-order chi connectivity index (χ1) is 19.2. The average molecular weight is 545 g/mol. The monoisotopic (exact) mass is 544 g/mol. The van der Waals surface area contributed by atoms with Gasteiger partial charge < -0.3 is 14.7 Å². The zero-order valence-corrected chi connectivity index (χ0v) is 24.6. The van der Waals surface area contributed by atoms with Crippen LogP contribution in [-0.2, 0) is 4.79 Å². The highest BCUT2D eigenvalue weighted by molar-refractivity contribution is 5.86. The summed E-state index contributed by atoms with van der Waals surface area (Å²) in [5.41, 5.74) is 5.05. The summed E-state index contributed by atoms with van der Waals surface area (Å²) in [6, 6.07) is 8.93. The molecule has 2 aliphatic rings. The fourth-order valence-electron chi connectivity index (χ4n) is 4.93. The zero-order chi connectivity index (χ0) is 29.2. The predicted molar refractivity (Wildman–Crippen MR) is 159 cm³/mol. The summed E-state index contributed by atoms with van der Waals surface area (Å²) in [6.45, 7) is 13.4. The molecule has 1 amide bonds. The van der Waals surface area contributed by atoms with Gasteiger partial charge in [-0.25, -0.2) is 14.4 Å². The number of rotatable bonds is 6. The second kappa shape index (κ2) is 14.4. The molecule has 7 nitrogen and oxygen atoms in total. The second-order valence-corrected chi connectivity index (χ2v) is 10.3. The van der Waals surface area contributed by atoms with Crippen LogP contribution in [-0.4, -0.2) is 65.4 Å². The topological polar surface area (TPSA) is 76.4 Å². The number of anilines is 1. The molecule has 0 spiro atoms. The molecule has 0 saturated carbocycles. The number of likely N-dealkylation sites (N-methyl/N-ethyl adjacent to an activating group) is 1. The minimum atomic E-state index is -0.267. The summed E-state index contributed by atoms with van der Waals surface area (Å²) in [5, 5.41) is 8.68. The third-order valence-corrected chi connectivity index (χ3v) is 7.16. The first kappa shape index (κ1) is 30.6. The first-order valence-electron chi connectivity index (χ1n) is 14.0. The largest absolute Gasteiger partial charge is 0.374 e. The van der Waals surface area contributed by atoms with E-state index in [9.17, 15) is 9.18 Å². The smallest absolute Gasteiger partial charge is 0.225 e. The van der Waals surface area contributed by atoms with Gasteiger partial charge in [-0.3, -0.25) is 4.79 Å². The molecule has 3 heterocycles. The van der Waals surface area contributed by atoms with Gasteiger partial charge >= 0.3 is 0 Å². The van der Waals surface area contributed by atoms with Crippen molar-refractivity contribution in [2.45, 2.75) is 47.5 Å². The lowest BCUT2D eigenvalue weighted by Crippen LogP contribution is -2.50. The van der Waals surface area contributed by atoms with Gasteiger partial charge in [-0.1, -0.05) is 51.5 Å². The van der Waals surface area contributed by atoms with Crippen LogP contribution in [0.5, 0.6) is 0 Å². The molecule has 0 bridgehead atoms. The molecule has 1 aromatic carbocycles.